The van der Waals surface area contributed by atoms with Crippen molar-refractivity contribution in [1.82, 2.24) is 26.6 Å². The molecule has 0 aromatic carbocycles. The summed E-state index contributed by atoms with van der Waals surface area (Å²) in [6.45, 7) is 4.22. The maximum absolute atomic E-state index is 13.1. The lowest BCUT2D eigenvalue weighted by atomic mass is 10.0. The fourth-order valence-electron chi connectivity index (χ4n) is 3.74. The van der Waals surface area contributed by atoms with Gasteiger partial charge in [0.05, 0.1) is 12.8 Å². The summed E-state index contributed by atoms with van der Waals surface area (Å²) in [4.78, 5) is 120. The highest BCUT2D eigenvalue weighted by Crippen LogP contribution is 2.08. The Labute approximate surface area is 267 Å². The first-order valence-electron chi connectivity index (χ1n) is 14.1. The van der Waals surface area contributed by atoms with Gasteiger partial charge in [-0.1, -0.05) is 13.8 Å². The molecule has 0 fully saturated rings. The average Bonchev–Trinajstić information content (AvgIpc) is 2.93. The Balaban J connectivity index is 6.07. The van der Waals surface area contributed by atoms with E-state index in [1.54, 1.807) is 0 Å². The zero-order valence-electron chi connectivity index (χ0n) is 25.8. The third-order valence-electron chi connectivity index (χ3n) is 6.26. The van der Waals surface area contributed by atoms with E-state index in [2.05, 4.69) is 21.7 Å². The molecule has 0 radical (unpaired) electrons. The summed E-state index contributed by atoms with van der Waals surface area (Å²) in [6.07, 6.45) is -4.40. The molecule has 0 spiro atoms. The number of carbonyl (C=O) groups is 10. The van der Waals surface area contributed by atoms with Crippen molar-refractivity contribution in [2.24, 2.45) is 5.92 Å². The fourth-order valence-corrected chi connectivity index (χ4v) is 3.74. The quantitative estimate of drug-likeness (QED) is 0.0514. The molecule has 13 N–H and O–H groups in total. The largest absolute Gasteiger partial charge is 0.481 e. The summed E-state index contributed by atoms with van der Waals surface area (Å²) < 4.78 is 0. The predicted molar refractivity (Wildman–Crippen MR) is 153 cm³/mol. The zero-order chi connectivity index (χ0) is 36.6. The molecule has 0 aliphatic rings. The molecule has 0 aliphatic carbocycles. The van der Waals surface area contributed by atoms with Crippen LogP contribution in [0.2, 0.25) is 0 Å². The van der Waals surface area contributed by atoms with E-state index in [1.165, 1.54) is 20.8 Å². The number of aliphatic carboxylic acids is 5. The molecule has 0 bridgehead atoms. The smallest absolute Gasteiger partial charge is 0.326 e. The summed E-state index contributed by atoms with van der Waals surface area (Å²) in [5.74, 6) is -13.9. The van der Waals surface area contributed by atoms with Crippen LogP contribution in [0.1, 0.15) is 59.3 Å². The molecular formula is C26H41N6O15+. The van der Waals surface area contributed by atoms with Crippen molar-refractivity contribution in [1.29, 1.82) is 0 Å². The van der Waals surface area contributed by atoms with Crippen LogP contribution in [0.3, 0.4) is 0 Å². The molecule has 0 saturated carbocycles. The standard InChI is InChI=1S/C26H40N6O15/c1-10(2)20(25(45)29-13(26(46)47)5-7-17(35)36)32-24(44)15(9-19(39)40)31-23(43)14(8-18(37)38)30-22(42)12(4-6-16(33)34)28-21(41)11(3)27/h10-15,20H,4-9,27H2,1-3H3,(H,28,41)(H,29,45)(H,30,42)(H,31,43)(H,32,44)(H,33,34)(H,35,36)(H,37,38)(H,39,40)(H,46,47)/p+1/t11-,12-,13-,14-,15-,20-/m0/s1. The number of carboxylic acids is 5. The van der Waals surface area contributed by atoms with Gasteiger partial charge in [0.1, 0.15) is 30.2 Å². The molecule has 0 aromatic rings. The normalized spacial score (nSPS) is 14.6. The fraction of sp³-hybridized carbons (Fsp3) is 0.615. The Bertz CT molecular complexity index is 1220. The summed E-state index contributed by atoms with van der Waals surface area (Å²) in [5, 5.41) is 56.3. The molecule has 6 atom stereocenters. The number of hydrogen-bond acceptors (Lipinski definition) is 10. The second-order valence-electron chi connectivity index (χ2n) is 10.8. The maximum atomic E-state index is 13.1. The Morgan fingerprint density at radius 1 is 0.489 bits per heavy atom. The van der Waals surface area contributed by atoms with Gasteiger partial charge in [0, 0.05) is 12.8 Å². The number of quaternary nitrogens is 1. The summed E-state index contributed by atoms with van der Waals surface area (Å²) in [5.41, 5.74) is 3.47. The van der Waals surface area contributed by atoms with E-state index in [9.17, 15) is 63.3 Å². The van der Waals surface area contributed by atoms with Crippen LogP contribution in [0.5, 0.6) is 0 Å². The van der Waals surface area contributed by atoms with Crippen LogP contribution in [0, 0.1) is 5.92 Å². The molecule has 0 saturated heterocycles. The Hall–Kier alpha value is -5.34. The number of rotatable bonds is 22. The van der Waals surface area contributed by atoms with Gasteiger partial charge in [-0.05, 0) is 25.7 Å². The summed E-state index contributed by atoms with van der Waals surface area (Å²) in [7, 11) is 0. The molecule has 264 valence electrons. The Morgan fingerprint density at radius 3 is 1.21 bits per heavy atom. The summed E-state index contributed by atoms with van der Waals surface area (Å²) >= 11 is 0. The Morgan fingerprint density at radius 2 is 0.851 bits per heavy atom. The topological polar surface area (TPSA) is 360 Å². The minimum atomic E-state index is -1.97. The molecule has 21 heteroatoms. The second kappa shape index (κ2) is 19.9. The SMILES string of the molecule is CC(C)[C@H](NC(=O)[C@H](CC(=O)O)NC(=O)[C@H](CC(=O)O)NC(=O)[C@H](CCC(=O)O)NC(=O)[C@H](C)[NH3+])C(=O)N[C@@H](CCC(=O)O)C(=O)O. The second-order valence-corrected chi connectivity index (χ2v) is 10.8. The number of hydrogen-bond donors (Lipinski definition) is 11. The highest BCUT2D eigenvalue weighted by molar-refractivity contribution is 5.98. The van der Waals surface area contributed by atoms with E-state index in [4.69, 9.17) is 10.2 Å². The van der Waals surface area contributed by atoms with Gasteiger partial charge in [0.15, 0.2) is 6.04 Å². The van der Waals surface area contributed by atoms with Crippen molar-refractivity contribution < 1.29 is 79.2 Å². The van der Waals surface area contributed by atoms with Crippen LogP contribution in [0.15, 0.2) is 0 Å². The molecule has 21 nitrogen and oxygen atoms in total. The van der Waals surface area contributed by atoms with Gasteiger partial charge >= 0.3 is 29.8 Å². The molecular weight excluding hydrogens is 636 g/mol. The molecule has 47 heavy (non-hydrogen) atoms. The van der Waals surface area contributed by atoms with Crippen molar-refractivity contribution >= 4 is 59.4 Å². The van der Waals surface area contributed by atoms with E-state index < -0.39 is 140 Å². The van der Waals surface area contributed by atoms with Crippen LogP contribution in [-0.4, -0.2) is 121 Å². The van der Waals surface area contributed by atoms with Gasteiger partial charge in [-0.2, -0.15) is 0 Å². The van der Waals surface area contributed by atoms with E-state index in [0.717, 1.165) is 0 Å². The number of carboxylic acid groups (broad SMARTS) is 5. The molecule has 5 amide bonds. The first-order chi connectivity index (χ1) is 21.7. The number of carbonyl (C=O) groups excluding carboxylic acids is 5. The average molecular weight is 678 g/mol. The van der Waals surface area contributed by atoms with Gasteiger partial charge in [-0.15, -0.1) is 0 Å². The van der Waals surface area contributed by atoms with E-state index in [1.807, 2.05) is 10.6 Å². The molecule has 0 heterocycles. The van der Waals surface area contributed by atoms with Gasteiger partial charge < -0.3 is 57.9 Å². The molecule has 0 aliphatic heterocycles. The lowest BCUT2D eigenvalue weighted by molar-refractivity contribution is -0.398. The van der Waals surface area contributed by atoms with Gasteiger partial charge in [-0.3, -0.25) is 43.2 Å². The number of nitrogens with one attached hydrogen (secondary N) is 5. The van der Waals surface area contributed by atoms with E-state index >= 15 is 0 Å². The third-order valence-corrected chi connectivity index (χ3v) is 6.26. The lowest BCUT2D eigenvalue weighted by Gasteiger charge is -2.27. The van der Waals surface area contributed by atoms with Crippen LogP contribution >= 0.6 is 0 Å². The van der Waals surface area contributed by atoms with Gasteiger partial charge in [-0.25, -0.2) is 4.79 Å². The third kappa shape index (κ3) is 16.5. The maximum Gasteiger partial charge on any atom is 0.326 e. The Kier molecular flexibility index (Phi) is 17.7. The minimum Gasteiger partial charge on any atom is -0.481 e. The van der Waals surface area contributed by atoms with Gasteiger partial charge in [0.2, 0.25) is 23.6 Å². The van der Waals surface area contributed by atoms with E-state index in [0.29, 0.717) is 0 Å². The first kappa shape index (κ1) is 41.7. The van der Waals surface area contributed by atoms with Crippen molar-refractivity contribution in [3.63, 3.8) is 0 Å². The summed E-state index contributed by atoms with van der Waals surface area (Å²) in [6, 6.07) is -9.57. The number of amides is 5. The lowest BCUT2D eigenvalue weighted by Crippen LogP contribution is -2.67. The van der Waals surface area contributed by atoms with Crippen molar-refractivity contribution in [2.45, 2.75) is 95.5 Å². The zero-order valence-corrected chi connectivity index (χ0v) is 25.8. The molecule has 0 rings (SSSR count). The van der Waals surface area contributed by atoms with Crippen LogP contribution < -0.4 is 32.3 Å². The molecule has 0 unspecified atom stereocenters. The highest BCUT2D eigenvalue weighted by Gasteiger charge is 2.35. The first-order valence-corrected chi connectivity index (χ1v) is 14.1. The van der Waals surface area contributed by atoms with Crippen molar-refractivity contribution in [2.75, 3.05) is 0 Å². The van der Waals surface area contributed by atoms with E-state index in [-0.39, 0.29) is 0 Å². The van der Waals surface area contributed by atoms with Crippen molar-refractivity contribution in [3.05, 3.63) is 0 Å². The molecule has 0 aromatic heterocycles. The van der Waals surface area contributed by atoms with Crippen LogP contribution in [0.25, 0.3) is 0 Å². The van der Waals surface area contributed by atoms with Crippen LogP contribution in [-0.2, 0) is 47.9 Å². The van der Waals surface area contributed by atoms with Gasteiger partial charge in [0.25, 0.3) is 5.91 Å². The highest BCUT2D eigenvalue weighted by atomic mass is 16.4. The minimum absolute atomic E-state index is 0.469. The monoisotopic (exact) mass is 677 g/mol. The predicted octanol–water partition coefficient (Wildman–Crippen LogP) is -4.54. The van der Waals surface area contributed by atoms with Crippen molar-refractivity contribution in [3.8, 4) is 0 Å². The van der Waals surface area contributed by atoms with Crippen LogP contribution in [0.4, 0.5) is 0 Å².